The van der Waals surface area contributed by atoms with Crippen molar-refractivity contribution in [2.45, 2.75) is 0 Å². The van der Waals surface area contributed by atoms with Crippen LogP contribution in [0.1, 0.15) is 0 Å². The first-order valence-corrected chi connectivity index (χ1v) is 5.41. The van der Waals surface area contributed by atoms with Crippen molar-refractivity contribution < 1.29 is 32.4 Å². The summed E-state index contributed by atoms with van der Waals surface area (Å²) in [5, 5.41) is 9.14. The van der Waals surface area contributed by atoms with Crippen molar-refractivity contribution in [2.24, 2.45) is 0 Å². The van der Waals surface area contributed by atoms with Gasteiger partial charge in [-0.25, -0.2) is 4.79 Å². The molecule has 0 aromatic carbocycles. The number of ether oxygens (including phenoxy) is 1. The van der Waals surface area contributed by atoms with Crippen LogP contribution in [0.3, 0.4) is 0 Å². The molecule has 0 saturated heterocycles. The summed E-state index contributed by atoms with van der Waals surface area (Å²) in [6, 6.07) is 0. The van der Waals surface area contributed by atoms with Gasteiger partial charge in [0.25, 0.3) is 10.1 Å². The van der Waals surface area contributed by atoms with E-state index in [2.05, 4.69) is 17.9 Å². The van der Waals surface area contributed by atoms with E-state index in [1.54, 1.807) is 0 Å². The van der Waals surface area contributed by atoms with Gasteiger partial charge in [-0.15, -0.1) is 0 Å². The van der Waals surface area contributed by atoms with E-state index in [1.165, 1.54) is 0 Å². The van der Waals surface area contributed by atoms with Crippen LogP contribution in [0.5, 0.6) is 0 Å². The molecule has 0 bridgehead atoms. The highest BCUT2D eigenvalue weighted by Crippen LogP contribution is 1.84. The zero-order valence-corrected chi connectivity index (χ0v) is 10.1. The maximum absolute atomic E-state index is 10.3. The van der Waals surface area contributed by atoms with E-state index >= 15 is 0 Å². The standard InChI is InChI=1S/C5H8O5S.C3H4O2.H3N/c1-2-5(6)10-3-4-11(7,8)9;1-2-3(4)5;/h2H,1,3-4H2,(H,7,8,9);2H,1H2,(H,4,5);1H3. The van der Waals surface area contributed by atoms with Gasteiger partial charge < -0.3 is 20.8 Å². The second-order valence-electron chi connectivity index (χ2n) is 2.18. The summed E-state index contributed by atoms with van der Waals surface area (Å²) < 4.78 is 32.5. The van der Waals surface area contributed by atoms with Gasteiger partial charge >= 0.3 is 5.97 Å². The summed E-state index contributed by atoms with van der Waals surface area (Å²) in [5.41, 5.74) is 0. The number of hydrogen-bond donors (Lipinski definition) is 2. The molecule has 0 aromatic heterocycles. The van der Waals surface area contributed by atoms with Gasteiger partial charge in [-0.05, 0) is 6.08 Å². The molecule has 5 N–H and O–H groups in total. The molecule has 0 rings (SSSR count). The van der Waals surface area contributed by atoms with E-state index in [0.717, 1.165) is 12.2 Å². The number of hydrogen-bond acceptors (Lipinski definition) is 6. The number of rotatable bonds is 5. The van der Waals surface area contributed by atoms with Crippen LogP contribution in [0.15, 0.2) is 25.3 Å². The lowest BCUT2D eigenvalue weighted by molar-refractivity contribution is -0.297. The summed E-state index contributed by atoms with van der Waals surface area (Å²) >= 11 is 0. The van der Waals surface area contributed by atoms with E-state index in [1.807, 2.05) is 0 Å². The second kappa shape index (κ2) is 10.8. The Bertz CT molecular complexity index is 360. The van der Waals surface area contributed by atoms with Gasteiger partial charge in [-0.3, -0.25) is 4.55 Å². The molecule has 100 valence electrons. The van der Waals surface area contributed by atoms with Crippen molar-refractivity contribution in [3.8, 4) is 0 Å². The van der Waals surface area contributed by atoms with Gasteiger partial charge in [0.15, 0.2) is 0 Å². The highest BCUT2D eigenvalue weighted by Gasteiger charge is 2.04. The Kier molecular flexibility index (Phi) is 13.1. The third kappa shape index (κ3) is 25.0. The lowest BCUT2D eigenvalue weighted by Gasteiger charge is -1.97. The second-order valence-corrected chi connectivity index (χ2v) is 3.75. The van der Waals surface area contributed by atoms with E-state index < -0.39 is 27.8 Å². The van der Waals surface area contributed by atoms with Crippen LogP contribution in [-0.4, -0.2) is 37.3 Å². The summed E-state index contributed by atoms with van der Waals surface area (Å²) in [5.74, 6) is -2.54. The lowest BCUT2D eigenvalue weighted by atomic mass is 10.6. The predicted octanol–water partition coefficient (Wildman–Crippen LogP) is -1.10. The number of quaternary nitrogens is 1. The summed E-state index contributed by atoms with van der Waals surface area (Å²) in [7, 11) is -4.04. The molecule has 0 spiro atoms. The Labute approximate surface area is 98.9 Å². The molecule has 0 amide bonds. The minimum absolute atomic E-state index is 0. The fourth-order valence-electron chi connectivity index (χ4n) is 0.306. The Morgan fingerprint density at radius 3 is 1.94 bits per heavy atom. The number of carboxylic acid groups (broad SMARTS) is 1. The average molecular weight is 269 g/mol. The normalized spacial score (nSPS) is 8.76. The minimum Gasteiger partial charge on any atom is -0.545 e. The average Bonchev–Trinajstić information content (AvgIpc) is 2.16. The van der Waals surface area contributed by atoms with Crippen molar-refractivity contribution in [3.63, 3.8) is 0 Å². The molecular weight excluding hydrogens is 254 g/mol. The smallest absolute Gasteiger partial charge is 0.330 e. The van der Waals surface area contributed by atoms with Gasteiger partial charge in [-0.1, -0.05) is 13.2 Å². The summed E-state index contributed by atoms with van der Waals surface area (Å²) in [4.78, 5) is 19.4. The van der Waals surface area contributed by atoms with Gasteiger partial charge in [0, 0.05) is 6.08 Å². The van der Waals surface area contributed by atoms with Crippen LogP contribution in [0, 0.1) is 0 Å². The van der Waals surface area contributed by atoms with E-state index in [9.17, 15) is 13.2 Å². The quantitative estimate of drug-likeness (QED) is 0.364. The largest absolute Gasteiger partial charge is 0.545 e. The molecule has 0 heterocycles. The molecule has 0 aromatic rings. The van der Waals surface area contributed by atoms with Gasteiger partial charge in [0.1, 0.15) is 12.4 Å². The first-order valence-electron chi connectivity index (χ1n) is 3.80. The topological polar surface area (TPSA) is 157 Å². The molecule has 0 aliphatic heterocycles. The van der Waals surface area contributed by atoms with Gasteiger partial charge in [0.2, 0.25) is 0 Å². The zero-order chi connectivity index (χ0) is 13.2. The monoisotopic (exact) mass is 269 g/mol. The minimum atomic E-state index is -4.04. The molecule has 17 heavy (non-hydrogen) atoms. The highest BCUT2D eigenvalue weighted by molar-refractivity contribution is 7.85. The van der Waals surface area contributed by atoms with Gasteiger partial charge in [0.05, 0.1) is 5.97 Å². The molecule has 0 aliphatic rings. The van der Waals surface area contributed by atoms with Crippen LogP contribution in [-0.2, 0) is 24.4 Å². The molecule has 0 aliphatic carbocycles. The van der Waals surface area contributed by atoms with E-state index in [-0.39, 0.29) is 12.8 Å². The maximum Gasteiger partial charge on any atom is 0.330 e. The molecule has 0 atom stereocenters. The molecule has 8 nitrogen and oxygen atoms in total. The van der Waals surface area contributed by atoms with Crippen LogP contribution in [0.2, 0.25) is 0 Å². The summed E-state index contributed by atoms with van der Waals surface area (Å²) in [6.45, 7) is 5.63. The molecule has 0 fully saturated rings. The molecular formula is C8H15NO7S. The Morgan fingerprint density at radius 1 is 1.29 bits per heavy atom. The number of carbonyl (C=O) groups excluding carboxylic acids is 2. The SMILES string of the molecule is C=CC(=O)OCCS(=O)(=O)O.C=CC(=O)[O-].[NH4+]. The summed E-state index contributed by atoms with van der Waals surface area (Å²) in [6.07, 6.45) is 1.63. The molecule has 0 saturated carbocycles. The van der Waals surface area contributed by atoms with E-state index in [0.29, 0.717) is 0 Å². The predicted molar refractivity (Wildman–Crippen MR) is 58.8 cm³/mol. The van der Waals surface area contributed by atoms with Crippen molar-refractivity contribution >= 4 is 22.1 Å². The van der Waals surface area contributed by atoms with Crippen molar-refractivity contribution in [2.75, 3.05) is 12.4 Å². The number of carboxylic acids is 1. The van der Waals surface area contributed by atoms with Gasteiger partial charge in [-0.2, -0.15) is 8.42 Å². The Balaban J connectivity index is -0.000000280. The lowest BCUT2D eigenvalue weighted by Crippen LogP contribution is -2.17. The maximum atomic E-state index is 10.3. The molecule has 0 radical (unpaired) electrons. The highest BCUT2D eigenvalue weighted by atomic mass is 32.2. The first-order chi connectivity index (χ1) is 7.22. The van der Waals surface area contributed by atoms with Crippen LogP contribution >= 0.6 is 0 Å². The fraction of sp³-hybridized carbons (Fsp3) is 0.250. The van der Waals surface area contributed by atoms with Crippen molar-refractivity contribution in [1.82, 2.24) is 6.15 Å². The molecule has 0 unspecified atom stereocenters. The third-order valence-electron chi connectivity index (χ3n) is 0.919. The Hall–Kier alpha value is -1.71. The number of carbonyl (C=O) groups is 2. The number of esters is 1. The van der Waals surface area contributed by atoms with E-state index in [4.69, 9.17) is 14.5 Å². The first kappa shape index (κ1) is 20.7. The van der Waals surface area contributed by atoms with Crippen LogP contribution in [0.25, 0.3) is 0 Å². The Morgan fingerprint density at radius 2 is 1.71 bits per heavy atom. The van der Waals surface area contributed by atoms with Crippen LogP contribution in [0.4, 0.5) is 0 Å². The third-order valence-corrected chi connectivity index (χ3v) is 1.60. The zero-order valence-electron chi connectivity index (χ0n) is 9.29. The van der Waals surface area contributed by atoms with Crippen LogP contribution < -0.4 is 11.3 Å². The van der Waals surface area contributed by atoms with Crippen molar-refractivity contribution in [1.29, 1.82) is 0 Å². The van der Waals surface area contributed by atoms with Crippen molar-refractivity contribution in [3.05, 3.63) is 25.3 Å². The molecule has 9 heteroatoms. The fourth-order valence-corrected chi connectivity index (χ4v) is 0.600. The number of aliphatic carboxylic acids is 1.